The van der Waals surface area contributed by atoms with E-state index in [1.54, 1.807) is 4.90 Å². The number of carbonyl (C=O) groups excluding carboxylic acids is 1. The van der Waals surface area contributed by atoms with E-state index >= 15 is 0 Å². The number of nitrogens with zero attached hydrogens (tertiary/aromatic N) is 3. The third-order valence-corrected chi connectivity index (χ3v) is 5.22. The summed E-state index contributed by atoms with van der Waals surface area (Å²) in [5.41, 5.74) is 0.891. The summed E-state index contributed by atoms with van der Waals surface area (Å²) < 4.78 is 16.8. The van der Waals surface area contributed by atoms with Gasteiger partial charge in [-0.15, -0.1) is 0 Å². The van der Waals surface area contributed by atoms with E-state index in [0.29, 0.717) is 37.3 Å². The highest BCUT2D eigenvalue weighted by atomic mass is 16.5. The molecule has 2 aliphatic rings. The summed E-state index contributed by atoms with van der Waals surface area (Å²) in [5.74, 6) is 2.78. The van der Waals surface area contributed by atoms with Crippen LogP contribution in [0.15, 0.2) is 28.8 Å². The van der Waals surface area contributed by atoms with Gasteiger partial charge in [-0.3, -0.25) is 0 Å². The van der Waals surface area contributed by atoms with Crippen LogP contribution in [0.5, 0.6) is 5.75 Å². The molecule has 29 heavy (non-hydrogen) atoms. The molecule has 4 rings (SSSR count). The predicted octanol–water partition coefficient (Wildman–Crippen LogP) is 3.06. The summed E-state index contributed by atoms with van der Waals surface area (Å²) in [5, 5.41) is 7.04. The normalized spacial score (nSPS) is 18.0. The van der Waals surface area contributed by atoms with E-state index in [-0.39, 0.29) is 18.1 Å². The molecule has 0 radical (unpaired) electrons. The van der Waals surface area contributed by atoms with Crippen molar-refractivity contribution in [1.82, 2.24) is 20.4 Å². The fourth-order valence-electron chi connectivity index (χ4n) is 3.42. The number of carbonyl (C=O) groups is 1. The lowest BCUT2D eigenvalue weighted by molar-refractivity contribution is 0.0443. The van der Waals surface area contributed by atoms with Crippen LogP contribution in [0.4, 0.5) is 4.79 Å². The molecule has 0 unspecified atom stereocenters. The van der Waals surface area contributed by atoms with Crippen molar-refractivity contribution in [3.05, 3.63) is 30.2 Å². The molecule has 8 heteroatoms. The molecule has 1 aromatic carbocycles. The molecule has 0 bridgehead atoms. The molecule has 1 N–H and O–H groups in total. The molecule has 8 nitrogen and oxygen atoms in total. The Balaban J connectivity index is 1.27. The van der Waals surface area contributed by atoms with Crippen molar-refractivity contribution in [2.75, 3.05) is 32.8 Å². The molecule has 0 saturated carbocycles. The van der Waals surface area contributed by atoms with Crippen LogP contribution in [0.2, 0.25) is 0 Å². The number of benzene rings is 1. The molecular weight excluding hydrogens is 372 g/mol. The van der Waals surface area contributed by atoms with E-state index in [1.807, 2.05) is 24.3 Å². The molecule has 3 heterocycles. The van der Waals surface area contributed by atoms with Crippen molar-refractivity contribution in [1.29, 1.82) is 0 Å². The highest BCUT2D eigenvalue weighted by molar-refractivity contribution is 5.75. The van der Waals surface area contributed by atoms with Crippen LogP contribution in [-0.4, -0.2) is 60.0 Å². The standard InChI is InChI=1S/C21H28N4O4/c1-14(2)11-22-21(26)25-12-18(13-25)28-17-5-3-15(4-6-17)19-23-20(29-24-19)16-7-9-27-10-8-16/h3-6,14,16,18H,7-13H2,1-2H3,(H,22,26). The van der Waals surface area contributed by atoms with Gasteiger partial charge in [-0.05, 0) is 43.0 Å². The zero-order chi connectivity index (χ0) is 20.2. The molecule has 0 aliphatic carbocycles. The van der Waals surface area contributed by atoms with Crippen LogP contribution in [0, 0.1) is 5.92 Å². The Morgan fingerprint density at radius 1 is 1.24 bits per heavy atom. The van der Waals surface area contributed by atoms with Crippen LogP contribution >= 0.6 is 0 Å². The topological polar surface area (TPSA) is 89.7 Å². The van der Waals surface area contributed by atoms with Gasteiger partial charge in [-0.25, -0.2) is 4.79 Å². The number of nitrogens with one attached hydrogen (secondary N) is 1. The number of likely N-dealkylation sites (tertiary alicyclic amines) is 1. The number of urea groups is 1. The minimum Gasteiger partial charge on any atom is -0.487 e. The Morgan fingerprint density at radius 3 is 2.66 bits per heavy atom. The first-order valence-corrected chi connectivity index (χ1v) is 10.3. The van der Waals surface area contributed by atoms with E-state index in [0.717, 1.165) is 37.4 Å². The Labute approximate surface area is 170 Å². The smallest absolute Gasteiger partial charge is 0.317 e. The number of ether oxygens (including phenoxy) is 2. The summed E-state index contributed by atoms with van der Waals surface area (Å²) in [6.07, 6.45) is 1.86. The van der Waals surface area contributed by atoms with Crippen molar-refractivity contribution in [2.24, 2.45) is 5.92 Å². The maximum Gasteiger partial charge on any atom is 0.317 e. The SMILES string of the molecule is CC(C)CNC(=O)N1CC(Oc2ccc(-c3noc(C4CCOCC4)n3)cc2)C1. The van der Waals surface area contributed by atoms with Gasteiger partial charge in [0.2, 0.25) is 11.7 Å². The summed E-state index contributed by atoms with van der Waals surface area (Å²) in [7, 11) is 0. The summed E-state index contributed by atoms with van der Waals surface area (Å²) in [6.45, 7) is 7.53. The van der Waals surface area contributed by atoms with Gasteiger partial charge in [0.25, 0.3) is 0 Å². The molecule has 2 aromatic rings. The zero-order valence-electron chi connectivity index (χ0n) is 17.0. The van der Waals surface area contributed by atoms with Crippen LogP contribution in [0.25, 0.3) is 11.4 Å². The van der Waals surface area contributed by atoms with Gasteiger partial charge in [0, 0.05) is 31.2 Å². The number of rotatable bonds is 6. The zero-order valence-corrected chi connectivity index (χ0v) is 17.0. The highest BCUT2D eigenvalue weighted by Gasteiger charge is 2.32. The summed E-state index contributed by atoms with van der Waals surface area (Å²) in [4.78, 5) is 18.3. The lowest BCUT2D eigenvalue weighted by Gasteiger charge is -2.38. The molecule has 0 spiro atoms. The van der Waals surface area contributed by atoms with Crippen LogP contribution in [0.1, 0.15) is 38.5 Å². The lowest BCUT2D eigenvalue weighted by Crippen LogP contribution is -2.59. The average molecular weight is 400 g/mol. The van der Waals surface area contributed by atoms with Crippen molar-refractivity contribution >= 4 is 6.03 Å². The quantitative estimate of drug-likeness (QED) is 0.802. The first kappa shape index (κ1) is 19.7. The lowest BCUT2D eigenvalue weighted by atomic mass is 10.0. The van der Waals surface area contributed by atoms with Gasteiger partial charge in [0.15, 0.2) is 0 Å². The predicted molar refractivity (Wildman–Crippen MR) is 107 cm³/mol. The first-order valence-electron chi connectivity index (χ1n) is 10.3. The Hall–Kier alpha value is -2.61. The molecule has 2 aliphatic heterocycles. The maximum absolute atomic E-state index is 12.0. The highest BCUT2D eigenvalue weighted by Crippen LogP contribution is 2.28. The minimum absolute atomic E-state index is 0.0219. The second-order valence-electron chi connectivity index (χ2n) is 8.09. The molecule has 2 fully saturated rings. The maximum atomic E-state index is 12.0. The van der Waals surface area contributed by atoms with E-state index in [4.69, 9.17) is 14.0 Å². The fraction of sp³-hybridized carbons (Fsp3) is 0.571. The van der Waals surface area contributed by atoms with Gasteiger partial charge in [-0.2, -0.15) is 4.98 Å². The van der Waals surface area contributed by atoms with E-state index in [2.05, 4.69) is 29.3 Å². The summed E-state index contributed by atoms with van der Waals surface area (Å²) >= 11 is 0. The molecular formula is C21H28N4O4. The molecule has 2 saturated heterocycles. The number of aromatic nitrogens is 2. The van der Waals surface area contributed by atoms with Gasteiger partial charge in [-0.1, -0.05) is 19.0 Å². The third-order valence-electron chi connectivity index (χ3n) is 5.22. The third kappa shape index (κ3) is 4.87. The number of hydrogen-bond acceptors (Lipinski definition) is 6. The molecule has 1 aromatic heterocycles. The number of hydrogen-bond donors (Lipinski definition) is 1. The van der Waals surface area contributed by atoms with Crippen molar-refractivity contribution in [3.8, 4) is 17.1 Å². The van der Waals surface area contributed by atoms with Crippen LogP contribution in [0.3, 0.4) is 0 Å². The first-order chi connectivity index (χ1) is 14.1. The summed E-state index contributed by atoms with van der Waals surface area (Å²) in [6, 6.07) is 7.65. The Morgan fingerprint density at radius 2 is 1.97 bits per heavy atom. The van der Waals surface area contributed by atoms with Gasteiger partial charge < -0.3 is 24.2 Å². The minimum atomic E-state index is -0.0219. The van der Waals surface area contributed by atoms with E-state index < -0.39 is 0 Å². The average Bonchev–Trinajstić information content (AvgIpc) is 3.20. The Bertz CT molecular complexity index is 808. The fourth-order valence-corrected chi connectivity index (χ4v) is 3.42. The van der Waals surface area contributed by atoms with E-state index in [1.165, 1.54) is 0 Å². The number of amides is 2. The van der Waals surface area contributed by atoms with Crippen LogP contribution in [-0.2, 0) is 4.74 Å². The van der Waals surface area contributed by atoms with Crippen molar-refractivity contribution in [3.63, 3.8) is 0 Å². The van der Waals surface area contributed by atoms with E-state index in [9.17, 15) is 4.79 Å². The van der Waals surface area contributed by atoms with Crippen LogP contribution < -0.4 is 10.1 Å². The molecule has 2 amide bonds. The van der Waals surface area contributed by atoms with Gasteiger partial charge >= 0.3 is 6.03 Å². The largest absolute Gasteiger partial charge is 0.487 e. The molecule has 156 valence electrons. The van der Waals surface area contributed by atoms with Crippen molar-refractivity contribution in [2.45, 2.75) is 38.7 Å². The Kier molecular flexibility index (Phi) is 5.99. The van der Waals surface area contributed by atoms with Gasteiger partial charge in [0.1, 0.15) is 11.9 Å². The molecule has 0 atom stereocenters. The van der Waals surface area contributed by atoms with Gasteiger partial charge in [0.05, 0.1) is 13.1 Å². The second-order valence-corrected chi connectivity index (χ2v) is 8.09. The van der Waals surface area contributed by atoms with Crippen molar-refractivity contribution < 1.29 is 18.8 Å². The monoisotopic (exact) mass is 400 g/mol. The second kappa shape index (κ2) is 8.82.